The van der Waals surface area contributed by atoms with Crippen molar-refractivity contribution in [3.05, 3.63) is 30.6 Å². The molecule has 0 unspecified atom stereocenters. The molecule has 1 N–H and O–H groups in total. The zero-order valence-corrected chi connectivity index (χ0v) is 14.1. The average molecular weight is 352 g/mol. The molecule has 2 aromatic rings. The summed E-state index contributed by atoms with van der Waals surface area (Å²) in [6.45, 7) is 0. The standard InChI is InChI=1S/C14H16N4O3S2/c1-23(20,21)12-6-2-10(3-7-12)16-13(19)8-22-14-17-15-9-18(14)11-4-5-11/h2-3,6-7,9,11H,4-5,8H2,1H3,(H,16,19). The molecule has 1 amide bonds. The minimum atomic E-state index is -3.23. The van der Waals surface area contributed by atoms with E-state index in [4.69, 9.17) is 0 Å². The number of nitrogens with one attached hydrogen (secondary N) is 1. The van der Waals surface area contributed by atoms with Gasteiger partial charge < -0.3 is 9.88 Å². The first-order valence-corrected chi connectivity index (χ1v) is 9.93. The van der Waals surface area contributed by atoms with Crippen LogP contribution in [0.15, 0.2) is 40.6 Å². The van der Waals surface area contributed by atoms with E-state index in [0.717, 1.165) is 24.3 Å². The Morgan fingerprint density at radius 3 is 2.65 bits per heavy atom. The van der Waals surface area contributed by atoms with Crippen LogP contribution in [0.25, 0.3) is 0 Å². The molecule has 1 saturated carbocycles. The smallest absolute Gasteiger partial charge is 0.234 e. The lowest BCUT2D eigenvalue weighted by Gasteiger charge is -2.06. The fourth-order valence-corrected chi connectivity index (χ4v) is 3.46. The molecule has 3 rings (SSSR count). The monoisotopic (exact) mass is 352 g/mol. The summed E-state index contributed by atoms with van der Waals surface area (Å²) in [4.78, 5) is 12.2. The Labute approximate surface area is 138 Å². The third-order valence-corrected chi connectivity index (χ3v) is 5.46. The van der Waals surface area contributed by atoms with Crippen molar-refractivity contribution in [1.29, 1.82) is 0 Å². The minimum absolute atomic E-state index is 0.174. The van der Waals surface area contributed by atoms with Crippen molar-refractivity contribution in [2.45, 2.75) is 28.9 Å². The highest BCUT2D eigenvalue weighted by Crippen LogP contribution is 2.37. The number of amides is 1. The molecule has 0 atom stereocenters. The number of nitrogens with zero attached hydrogens (tertiary/aromatic N) is 3. The summed E-state index contributed by atoms with van der Waals surface area (Å²) in [6.07, 6.45) is 5.10. The zero-order chi connectivity index (χ0) is 16.4. The van der Waals surface area contributed by atoms with Crippen LogP contribution in [0.3, 0.4) is 0 Å². The SMILES string of the molecule is CS(=O)(=O)c1ccc(NC(=O)CSc2nncn2C2CC2)cc1. The van der Waals surface area contributed by atoms with Gasteiger partial charge in [0.2, 0.25) is 5.91 Å². The van der Waals surface area contributed by atoms with Crippen LogP contribution in [0, 0.1) is 0 Å². The first-order valence-electron chi connectivity index (χ1n) is 7.06. The van der Waals surface area contributed by atoms with Crippen LogP contribution in [0.4, 0.5) is 5.69 Å². The van der Waals surface area contributed by atoms with Crippen molar-refractivity contribution in [2.75, 3.05) is 17.3 Å². The van der Waals surface area contributed by atoms with Crippen LogP contribution in [0.2, 0.25) is 0 Å². The predicted octanol–water partition coefficient (Wildman–Crippen LogP) is 1.75. The molecular formula is C14H16N4O3S2. The molecule has 0 saturated heterocycles. The lowest BCUT2D eigenvalue weighted by molar-refractivity contribution is -0.113. The molecule has 1 aromatic carbocycles. The zero-order valence-electron chi connectivity index (χ0n) is 12.5. The van der Waals surface area contributed by atoms with Crippen molar-refractivity contribution >= 4 is 33.2 Å². The topological polar surface area (TPSA) is 93.9 Å². The van der Waals surface area contributed by atoms with E-state index in [1.807, 2.05) is 4.57 Å². The van der Waals surface area contributed by atoms with Crippen molar-refractivity contribution < 1.29 is 13.2 Å². The minimum Gasteiger partial charge on any atom is -0.325 e. The maximum Gasteiger partial charge on any atom is 0.234 e. The fourth-order valence-electron chi connectivity index (χ4n) is 2.05. The van der Waals surface area contributed by atoms with Crippen molar-refractivity contribution in [1.82, 2.24) is 14.8 Å². The molecule has 1 aliphatic carbocycles. The van der Waals surface area contributed by atoms with E-state index in [-0.39, 0.29) is 16.6 Å². The predicted molar refractivity (Wildman–Crippen MR) is 87.2 cm³/mol. The lowest BCUT2D eigenvalue weighted by atomic mass is 10.3. The number of benzene rings is 1. The normalized spacial score (nSPS) is 14.7. The molecule has 1 fully saturated rings. The van der Waals surface area contributed by atoms with Gasteiger partial charge in [-0.25, -0.2) is 8.42 Å². The molecule has 0 spiro atoms. The fraction of sp³-hybridized carbons (Fsp3) is 0.357. The van der Waals surface area contributed by atoms with Gasteiger partial charge in [-0.05, 0) is 37.1 Å². The highest BCUT2D eigenvalue weighted by atomic mass is 32.2. The number of rotatable bonds is 6. The van der Waals surface area contributed by atoms with Gasteiger partial charge in [-0.2, -0.15) is 0 Å². The van der Waals surface area contributed by atoms with Crippen LogP contribution in [-0.4, -0.2) is 41.1 Å². The van der Waals surface area contributed by atoms with E-state index in [1.165, 1.54) is 23.9 Å². The molecule has 7 nitrogen and oxygen atoms in total. The first-order chi connectivity index (χ1) is 10.9. The molecule has 0 radical (unpaired) electrons. The summed E-state index contributed by atoms with van der Waals surface area (Å²) in [6, 6.07) is 6.57. The average Bonchev–Trinajstić information content (AvgIpc) is 3.23. The molecule has 1 heterocycles. The van der Waals surface area contributed by atoms with E-state index in [2.05, 4.69) is 15.5 Å². The van der Waals surface area contributed by atoms with Gasteiger partial charge in [-0.3, -0.25) is 4.79 Å². The summed E-state index contributed by atoms with van der Waals surface area (Å²) in [5, 5.41) is 11.4. The molecule has 0 aliphatic heterocycles. The molecule has 1 aliphatic rings. The quantitative estimate of drug-likeness (QED) is 0.796. The van der Waals surface area contributed by atoms with Gasteiger partial charge in [0.1, 0.15) is 6.33 Å². The maximum absolute atomic E-state index is 12.0. The van der Waals surface area contributed by atoms with Gasteiger partial charge in [0, 0.05) is 18.0 Å². The number of carbonyl (C=O) groups excluding carboxylic acids is 1. The number of hydrogen-bond acceptors (Lipinski definition) is 6. The third kappa shape index (κ3) is 4.11. The van der Waals surface area contributed by atoms with E-state index in [0.29, 0.717) is 11.7 Å². The number of carbonyl (C=O) groups is 1. The Hall–Kier alpha value is -1.87. The highest BCUT2D eigenvalue weighted by molar-refractivity contribution is 7.99. The van der Waals surface area contributed by atoms with Gasteiger partial charge in [-0.15, -0.1) is 10.2 Å². The van der Waals surface area contributed by atoms with Crippen LogP contribution < -0.4 is 5.32 Å². The van der Waals surface area contributed by atoms with E-state index in [9.17, 15) is 13.2 Å². The number of anilines is 1. The van der Waals surface area contributed by atoms with E-state index >= 15 is 0 Å². The Kier molecular flexibility index (Phi) is 4.40. The second-order valence-electron chi connectivity index (χ2n) is 5.39. The Balaban J connectivity index is 1.56. The molecule has 1 aromatic heterocycles. The van der Waals surface area contributed by atoms with Gasteiger partial charge in [-0.1, -0.05) is 11.8 Å². The molecule has 0 bridgehead atoms. The van der Waals surface area contributed by atoms with Gasteiger partial charge >= 0.3 is 0 Å². The number of sulfone groups is 1. The van der Waals surface area contributed by atoms with E-state index < -0.39 is 9.84 Å². The molecule has 122 valence electrons. The Morgan fingerprint density at radius 1 is 1.35 bits per heavy atom. The maximum atomic E-state index is 12.0. The Bertz CT molecular complexity index is 811. The van der Waals surface area contributed by atoms with Crippen molar-refractivity contribution in [2.24, 2.45) is 0 Å². The summed E-state index contributed by atoms with van der Waals surface area (Å²) in [5.41, 5.74) is 0.562. The third-order valence-electron chi connectivity index (χ3n) is 3.38. The van der Waals surface area contributed by atoms with Gasteiger partial charge in [0.05, 0.1) is 10.6 Å². The summed E-state index contributed by atoms with van der Waals surface area (Å²) in [7, 11) is -3.23. The molecule has 23 heavy (non-hydrogen) atoms. The van der Waals surface area contributed by atoms with Crippen LogP contribution >= 0.6 is 11.8 Å². The molecule has 9 heteroatoms. The Morgan fingerprint density at radius 2 is 2.04 bits per heavy atom. The van der Waals surface area contributed by atoms with Crippen LogP contribution in [-0.2, 0) is 14.6 Å². The van der Waals surface area contributed by atoms with Crippen molar-refractivity contribution in [3.8, 4) is 0 Å². The first kappa shape index (κ1) is 16.0. The number of thioether (sulfide) groups is 1. The largest absolute Gasteiger partial charge is 0.325 e. The summed E-state index contributed by atoms with van der Waals surface area (Å²) >= 11 is 1.34. The lowest BCUT2D eigenvalue weighted by Crippen LogP contribution is -2.14. The van der Waals surface area contributed by atoms with Crippen molar-refractivity contribution in [3.63, 3.8) is 0 Å². The van der Waals surface area contributed by atoms with Crippen LogP contribution in [0.1, 0.15) is 18.9 Å². The number of hydrogen-bond donors (Lipinski definition) is 1. The van der Waals surface area contributed by atoms with E-state index in [1.54, 1.807) is 18.5 Å². The summed E-state index contributed by atoms with van der Waals surface area (Å²) in [5.74, 6) is 0.0478. The second-order valence-corrected chi connectivity index (χ2v) is 8.34. The second kappa shape index (κ2) is 6.32. The highest BCUT2D eigenvalue weighted by Gasteiger charge is 2.26. The van der Waals surface area contributed by atoms with Gasteiger partial charge in [0.25, 0.3) is 0 Å². The summed E-state index contributed by atoms with van der Waals surface area (Å²) < 4.78 is 24.8. The van der Waals surface area contributed by atoms with Gasteiger partial charge in [0.15, 0.2) is 15.0 Å². The van der Waals surface area contributed by atoms with Crippen LogP contribution in [0.5, 0.6) is 0 Å². The number of aromatic nitrogens is 3. The molecular weight excluding hydrogens is 336 g/mol.